The summed E-state index contributed by atoms with van der Waals surface area (Å²) in [5, 5.41) is 12.1. The van der Waals surface area contributed by atoms with Gasteiger partial charge in [0.15, 0.2) is 0 Å². The van der Waals surface area contributed by atoms with Crippen LogP contribution in [-0.4, -0.2) is 46.9 Å². The van der Waals surface area contributed by atoms with Crippen LogP contribution in [0, 0.1) is 0 Å². The van der Waals surface area contributed by atoms with E-state index >= 15 is 0 Å². The predicted molar refractivity (Wildman–Crippen MR) is 87.0 cm³/mol. The first-order valence-electron chi connectivity index (χ1n) is 7.23. The zero-order chi connectivity index (χ0) is 17.6. The Balaban J connectivity index is 2.11. The normalized spacial score (nSPS) is 11.3. The third-order valence-electron chi connectivity index (χ3n) is 3.48. The predicted octanol–water partition coefficient (Wildman–Crippen LogP) is 0.982. The van der Waals surface area contributed by atoms with Gasteiger partial charge in [-0.3, -0.25) is 9.36 Å². The van der Waals surface area contributed by atoms with Gasteiger partial charge in [-0.15, -0.1) is 15.3 Å². The molecule has 0 unspecified atom stereocenters. The van der Waals surface area contributed by atoms with Crippen molar-refractivity contribution in [2.24, 2.45) is 0 Å². The van der Waals surface area contributed by atoms with E-state index in [0.29, 0.717) is 21.7 Å². The summed E-state index contributed by atoms with van der Waals surface area (Å²) in [7, 11) is 0. The van der Waals surface area contributed by atoms with E-state index in [-0.39, 0.29) is 18.1 Å². The number of halogens is 1. The number of esters is 1. The van der Waals surface area contributed by atoms with Crippen LogP contribution in [0.4, 0.5) is 0 Å². The molecule has 0 amide bonds. The van der Waals surface area contributed by atoms with Crippen LogP contribution in [0.15, 0.2) is 29.6 Å². The van der Waals surface area contributed by atoms with Crippen LogP contribution in [0.25, 0.3) is 22.4 Å². The quantitative estimate of drug-likeness (QED) is 0.541. The molecule has 10 nitrogen and oxygen atoms in total. The second kappa shape index (κ2) is 5.67. The highest BCUT2D eigenvalue weighted by Gasteiger charge is 2.20. The number of ether oxygens (including phenoxy) is 1. The first-order valence-corrected chi connectivity index (χ1v) is 7.60. The molecular formula is C14H10ClN7O3. The van der Waals surface area contributed by atoms with E-state index < -0.39 is 11.5 Å². The smallest absolute Gasteiger partial charge is 0.378 e. The number of hydrogen-bond donors (Lipinski definition) is 1. The highest BCUT2D eigenvalue weighted by molar-refractivity contribution is 6.31. The maximum Gasteiger partial charge on any atom is 0.378 e. The third kappa shape index (κ3) is 2.43. The van der Waals surface area contributed by atoms with Gasteiger partial charge in [-0.05, 0) is 19.1 Å². The Morgan fingerprint density at radius 2 is 2.08 bits per heavy atom. The number of hydrogen-bond acceptors (Lipinski definition) is 7. The van der Waals surface area contributed by atoms with Crippen molar-refractivity contribution in [1.29, 1.82) is 0 Å². The number of aromatic nitrogens is 7. The number of rotatable bonds is 3. The van der Waals surface area contributed by atoms with Crippen molar-refractivity contribution in [3.05, 3.63) is 46.0 Å². The lowest BCUT2D eigenvalue weighted by Crippen LogP contribution is -2.13. The van der Waals surface area contributed by atoms with Gasteiger partial charge in [0, 0.05) is 5.02 Å². The van der Waals surface area contributed by atoms with Crippen LogP contribution in [0.3, 0.4) is 0 Å². The lowest BCUT2D eigenvalue weighted by Gasteiger charge is -2.08. The number of aromatic amines is 1. The minimum atomic E-state index is -0.710. The fraction of sp³-hybridized carbons (Fsp3) is 0.143. The largest absolute Gasteiger partial charge is 0.460 e. The van der Waals surface area contributed by atoms with Crippen LogP contribution in [-0.2, 0) is 4.74 Å². The summed E-state index contributed by atoms with van der Waals surface area (Å²) in [5.74, 6) is -0.914. The summed E-state index contributed by atoms with van der Waals surface area (Å²) in [5.41, 5.74) is 0.935. The summed E-state index contributed by atoms with van der Waals surface area (Å²) in [6.07, 6.45) is 2.95. The van der Waals surface area contributed by atoms with Crippen molar-refractivity contribution in [3.63, 3.8) is 0 Å². The molecule has 11 heteroatoms. The number of carbonyl (C=O) groups excluding carboxylic acids is 1. The number of carbonyl (C=O) groups is 1. The van der Waals surface area contributed by atoms with Gasteiger partial charge in [0.1, 0.15) is 18.2 Å². The summed E-state index contributed by atoms with van der Waals surface area (Å²) in [6.45, 7) is 1.84. The van der Waals surface area contributed by atoms with Gasteiger partial charge in [0.2, 0.25) is 5.65 Å². The number of nitrogens with zero attached hydrogens (tertiary/aromatic N) is 6. The zero-order valence-corrected chi connectivity index (χ0v) is 13.6. The molecule has 1 aromatic carbocycles. The fourth-order valence-electron chi connectivity index (χ4n) is 2.50. The minimum Gasteiger partial charge on any atom is -0.460 e. The van der Waals surface area contributed by atoms with Crippen molar-refractivity contribution < 1.29 is 9.53 Å². The summed E-state index contributed by atoms with van der Waals surface area (Å²) >= 11 is 6.15. The lowest BCUT2D eigenvalue weighted by atomic mass is 10.2. The Bertz CT molecular complexity index is 1160. The average molecular weight is 360 g/mol. The van der Waals surface area contributed by atoms with Crippen molar-refractivity contribution >= 4 is 34.3 Å². The van der Waals surface area contributed by atoms with E-state index in [1.165, 1.54) is 17.2 Å². The molecule has 0 aliphatic rings. The van der Waals surface area contributed by atoms with Gasteiger partial charge in [-0.25, -0.2) is 9.31 Å². The van der Waals surface area contributed by atoms with Gasteiger partial charge in [0.05, 0.1) is 17.8 Å². The van der Waals surface area contributed by atoms with Crippen molar-refractivity contribution in [3.8, 4) is 5.69 Å². The molecule has 3 heterocycles. The Labute approximate surface area is 144 Å². The molecule has 0 bridgehead atoms. The summed E-state index contributed by atoms with van der Waals surface area (Å²) < 4.78 is 7.79. The molecule has 0 saturated heterocycles. The van der Waals surface area contributed by atoms with Crippen LogP contribution < -0.4 is 5.56 Å². The van der Waals surface area contributed by atoms with Crippen molar-refractivity contribution in [1.82, 2.24) is 34.3 Å². The molecule has 4 aromatic rings. The molecular weight excluding hydrogens is 350 g/mol. The van der Waals surface area contributed by atoms with Gasteiger partial charge >= 0.3 is 5.97 Å². The molecule has 3 aromatic heterocycles. The van der Waals surface area contributed by atoms with E-state index in [9.17, 15) is 9.59 Å². The zero-order valence-electron chi connectivity index (χ0n) is 12.8. The van der Waals surface area contributed by atoms with Crippen LogP contribution in [0.2, 0.25) is 5.02 Å². The molecule has 0 atom stereocenters. The SMILES string of the molecule is CCOC(=O)c1nc2c(=O)[nH]c3cc(Cl)cc(-n4cnnc4)c3n2n1. The fourth-order valence-corrected chi connectivity index (χ4v) is 2.71. The molecule has 0 aliphatic heterocycles. The van der Waals surface area contributed by atoms with E-state index in [4.69, 9.17) is 16.3 Å². The van der Waals surface area contributed by atoms with Gasteiger partial charge in [0.25, 0.3) is 11.4 Å². The molecule has 25 heavy (non-hydrogen) atoms. The monoisotopic (exact) mass is 359 g/mol. The van der Waals surface area contributed by atoms with Crippen molar-refractivity contribution in [2.45, 2.75) is 6.92 Å². The summed E-state index contributed by atoms with van der Waals surface area (Å²) in [6, 6.07) is 3.24. The molecule has 0 radical (unpaired) electrons. The highest BCUT2D eigenvalue weighted by atomic mass is 35.5. The van der Waals surface area contributed by atoms with Gasteiger partial charge in [-0.2, -0.15) is 4.98 Å². The number of benzene rings is 1. The van der Waals surface area contributed by atoms with E-state index in [1.54, 1.807) is 23.6 Å². The second-order valence-corrected chi connectivity index (χ2v) is 5.47. The summed E-state index contributed by atoms with van der Waals surface area (Å²) in [4.78, 5) is 30.9. The Morgan fingerprint density at radius 1 is 1.32 bits per heavy atom. The lowest BCUT2D eigenvalue weighted by molar-refractivity contribution is 0.0512. The first kappa shape index (κ1) is 15.3. The average Bonchev–Trinajstić information content (AvgIpc) is 3.24. The standard InChI is InChI=1S/C14H10ClN7O3/c1-2-25-14(24)11-19-12-13(23)18-8-3-7(15)4-9(10(8)22(12)20-11)21-5-16-17-6-21/h3-6H,2H2,1H3,(H,18,23). The van der Waals surface area contributed by atoms with Crippen LogP contribution >= 0.6 is 11.6 Å². The molecule has 0 aliphatic carbocycles. The van der Waals surface area contributed by atoms with Crippen molar-refractivity contribution in [2.75, 3.05) is 6.61 Å². The third-order valence-corrected chi connectivity index (χ3v) is 3.70. The van der Waals surface area contributed by atoms with E-state index in [1.807, 2.05) is 0 Å². The number of fused-ring (bicyclic) bond motifs is 3. The molecule has 4 rings (SSSR count). The maximum atomic E-state index is 12.3. The maximum absolute atomic E-state index is 12.3. The highest BCUT2D eigenvalue weighted by Crippen LogP contribution is 2.25. The first-order chi connectivity index (χ1) is 12.1. The molecule has 0 spiro atoms. The number of H-pyrrole nitrogens is 1. The second-order valence-electron chi connectivity index (χ2n) is 5.04. The van der Waals surface area contributed by atoms with Crippen LogP contribution in [0.5, 0.6) is 0 Å². The number of nitrogens with one attached hydrogen (secondary N) is 1. The minimum absolute atomic E-state index is 0.0350. The van der Waals surface area contributed by atoms with Gasteiger partial charge in [-0.1, -0.05) is 11.6 Å². The Morgan fingerprint density at radius 3 is 2.80 bits per heavy atom. The van der Waals surface area contributed by atoms with Gasteiger partial charge < -0.3 is 9.72 Å². The topological polar surface area (TPSA) is 120 Å². The molecule has 0 saturated carbocycles. The molecule has 0 fully saturated rings. The van der Waals surface area contributed by atoms with E-state index in [2.05, 4.69) is 25.3 Å². The van der Waals surface area contributed by atoms with Crippen LogP contribution in [0.1, 0.15) is 17.5 Å². The molecule has 1 N–H and O–H groups in total. The van der Waals surface area contributed by atoms with E-state index in [0.717, 1.165) is 0 Å². The Kier molecular flexibility index (Phi) is 3.46. The Hall–Kier alpha value is -3.27. The molecule has 126 valence electrons.